The predicted octanol–water partition coefficient (Wildman–Crippen LogP) is 5.31. The zero-order chi connectivity index (χ0) is 19.7. The van der Waals surface area contributed by atoms with Crippen LogP contribution in [-0.2, 0) is 0 Å². The van der Waals surface area contributed by atoms with Gasteiger partial charge in [-0.3, -0.25) is 0 Å². The number of benzene rings is 2. The second-order valence-corrected chi connectivity index (χ2v) is 6.47. The number of halogens is 5. The van der Waals surface area contributed by atoms with E-state index in [9.17, 15) is 27.1 Å². The number of ether oxygens (including phenoxy) is 1. The number of aromatic hydroxyl groups is 1. The SMILES string of the molecule is Oc1ccc(N2CCC(c3cccc(OC(F)(F)C(F)(F)F)c3)CC2)cc1. The molecule has 2 aromatic carbocycles. The highest BCUT2D eigenvalue weighted by Crippen LogP contribution is 2.38. The average molecular weight is 387 g/mol. The van der Waals surface area contributed by atoms with Crippen molar-refractivity contribution in [2.75, 3.05) is 18.0 Å². The molecule has 27 heavy (non-hydrogen) atoms. The van der Waals surface area contributed by atoms with Crippen LogP contribution in [0.1, 0.15) is 24.3 Å². The van der Waals surface area contributed by atoms with Gasteiger partial charge in [0.1, 0.15) is 11.5 Å². The van der Waals surface area contributed by atoms with Crippen molar-refractivity contribution in [2.45, 2.75) is 31.0 Å². The first-order valence-electron chi connectivity index (χ1n) is 8.43. The lowest BCUT2D eigenvalue weighted by Gasteiger charge is -2.34. The third-order valence-corrected chi connectivity index (χ3v) is 4.62. The first kappa shape index (κ1) is 19.3. The molecule has 1 aliphatic heterocycles. The van der Waals surface area contributed by atoms with Gasteiger partial charge in [0.15, 0.2) is 0 Å². The van der Waals surface area contributed by atoms with Gasteiger partial charge in [0.2, 0.25) is 0 Å². The summed E-state index contributed by atoms with van der Waals surface area (Å²) in [7, 11) is 0. The summed E-state index contributed by atoms with van der Waals surface area (Å²) < 4.78 is 67.0. The Morgan fingerprint density at radius 1 is 0.926 bits per heavy atom. The van der Waals surface area contributed by atoms with Gasteiger partial charge in [-0.15, -0.1) is 0 Å². The zero-order valence-corrected chi connectivity index (χ0v) is 14.2. The van der Waals surface area contributed by atoms with Gasteiger partial charge < -0.3 is 14.7 Å². The summed E-state index contributed by atoms with van der Waals surface area (Å²) in [6, 6.07) is 12.3. The number of nitrogens with zero attached hydrogens (tertiary/aromatic N) is 1. The van der Waals surface area contributed by atoms with E-state index in [1.165, 1.54) is 12.1 Å². The Kier molecular flexibility index (Phi) is 5.17. The summed E-state index contributed by atoms with van der Waals surface area (Å²) >= 11 is 0. The first-order chi connectivity index (χ1) is 12.7. The maximum absolute atomic E-state index is 13.1. The van der Waals surface area contributed by atoms with E-state index in [0.717, 1.165) is 24.6 Å². The molecule has 3 rings (SSSR count). The number of phenolic OH excluding ortho intramolecular Hbond substituents is 1. The molecule has 2 aromatic rings. The number of phenols is 1. The first-order valence-corrected chi connectivity index (χ1v) is 8.43. The minimum Gasteiger partial charge on any atom is -0.508 e. The molecule has 0 aromatic heterocycles. The van der Waals surface area contributed by atoms with E-state index in [4.69, 9.17) is 0 Å². The van der Waals surface area contributed by atoms with Crippen molar-refractivity contribution in [1.82, 2.24) is 0 Å². The average Bonchev–Trinajstić information content (AvgIpc) is 2.61. The second-order valence-electron chi connectivity index (χ2n) is 6.47. The highest BCUT2D eigenvalue weighted by atomic mass is 19.4. The molecule has 146 valence electrons. The second kappa shape index (κ2) is 7.25. The Hall–Kier alpha value is -2.51. The van der Waals surface area contributed by atoms with E-state index in [1.54, 1.807) is 18.2 Å². The quantitative estimate of drug-likeness (QED) is 0.722. The molecule has 0 radical (unpaired) electrons. The molecule has 1 N–H and O–H groups in total. The predicted molar refractivity (Wildman–Crippen MR) is 90.4 cm³/mol. The molecule has 1 saturated heterocycles. The number of anilines is 1. The van der Waals surface area contributed by atoms with Gasteiger partial charge in [0, 0.05) is 18.8 Å². The lowest BCUT2D eigenvalue weighted by atomic mass is 9.89. The van der Waals surface area contributed by atoms with Crippen molar-refractivity contribution in [3.63, 3.8) is 0 Å². The van der Waals surface area contributed by atoms with Gasteiger partial charge in [-0.25, -0.2) is 0 Å². The fourth-order valence-corrected chi connectivity index (χ4v) is 3.17. The fraction of sp³-hybridized carbons (Fsp3) is 0.368. The Bertz CT molecular complexity index is 768. The number of piperidine rings is 1. The van der Waals surface area contributed by atoms with Gasteiger partial charge in [0.25, 0.3) is 0 Å². The van der Waals surface area contributed by atoms with E-state index in [-0.39, 0.29) is 11.7 Å². The van der Waals surface area contributed by atoms with Crippen molar-refractivity contribution in [3.8, 4) is 11.5 Å². The van der Waals surface area contributed by atoms with Crippen LogP contribution in [0.25, 0.3) is 0 Å². The molecule has 3 nitrogen and oxygen atoms in total. The number of hydrogen-bond acceptors (Lipinski definition) is 3. The molecular formula is C19H18F5NO2. The Balaban J connectivity index is 1.65. The molecular weight excluding hydrogens is 369 g/mol. The Labute approximate surface area is 153 Å². The lowest BCUT2D eigenvalue weighted by molar-refractivity contribution is -0.360. The summed E-state index contributed by atoms with van der Waals surface area (Å²) in [5, 5.41) is 9.35. The van der Waals surface area contributed by atoms with Crippen molar-refractivity contribution in [3.05, 3.63) is 54.1 Å². The third kappa shape index (κ3) is 4.43. The third-order valence-electron chi connectivity index (χ3n) is 4.62. The van der Waals surface area contributed by atoms with E-state index in [1.807, 2.05) is 12.1 Å². The molecule has 1 fully saturated rings. The van der Waals surface area contributed by atoms with Crippen LogP contribution < -0.4 is 9.64 Å². The standard InChI is InChI=1S/C19H18F5NO2/c20-18(21,22)19(23,24)27-17-3-1-2-14(12-17)13-8-10-25(11-9-13)15-4-6-16(26)7-5-15/h1-7,12-13,26H,8-11H2. The molecule has 0 bridgehead atoms. The van der Waals surface area contributed by atoms with E-state index >= 15 is 0 Å². The summed E-state index contributed by atoms with van der Waals surface area (Å²) in [6.45, 7) is 1.42. The van der Waals surface area contributed by atoms with Crippen molar-refractivity contribution >= 4 is 5.69 Å². The zero-order valence-electron chi connectivity index (χ0n) is 14.2. The van der Waals surface area contributed by atoms with Gasteiger partial charge in [0.05, 0.1) is 0 Å². The van der Waals surface area contributed by atoms with Crippen molar-refractivity contribution in [1.29, 1.82) is 0 Å². The van der Waals surface area contributed by atoms with Crippen LogP contribution >= 0.6 is 0 Å². The molecule has 0 unspecified atom stereocenters. The molecule has 1 heterocycles. The van der Waals surface area contributed by atoms with Crippen LogP contribution in [0.5, 0.6) is 11.5 Å². The maximum Gasteiger partial charge on any atom is 0.499 e. The van der Waals surface area contributed by atoms with Crippen LogP contribution in [0.15, 0.2) is 48.5 Å². The normalized spacial score (nSPS) is 16.4. The van der Waals surface area contributed by atoms with Crippen molar-refractivity contribution in [2.24, 2.45) is 0 Å². The van der Waals surface area contributed by atoms with E-state index in [2.05, 4.69) is 9.64 Å². The van der Waals surface area contributed by atoms with E-state index < -0.39 is 18.0 Å². The van der Waals surface area contributed by atoms with Crippen LogP contribution in [0.2, 0.25) is 0 Å². The number of alkyl halides is 5. The van der Waals surface area contributed by atoms with E-state index in [0.29, 0.717) is 18.7 Å². The summed E-state index contributed by atoms with van der Waals surface area (Å²) in [6.07, 6.45) is -9.55. The van der Waals surface area contributed by atoms with Crippen LogP contribution in [-0.4, -0.2) is 30.5 Å². The highest BCUT2D eigenvalue weighted by Gasteiger charge is 2.61. The van der Waals surface area contributed by atoms with Crippen LogP contribution in [0, 0.1) is 0 Å². The molecule has 0 spiro atoms. The van der Waals surface area contributed by atoms with Gasteiger partial charge in [-0.1, -0.05) is 12.1 Å². The molecule has 0 atom stereocenters. The Morgan fingerprint density at radius 3 is 2.15 bits per heavy atom. The van der Waals surface area contributed by atoms with Crippen LogP contribution in [0.4, 0.5) is 27.6 Å². The highest BCUT2D eigenvalue weighted by molar-refractivity contribution is 5.49. The van der Waals surface area contributed by atoms with Gasteiger partial charge in [-0.05, 0) is 60.7 Å². The van der Waals surface area contributed by atoms with Gasteiger partial charge >= 0.3 is 12.3 Å². The lowest BCUT2D eigenvalue weighted by Crippen LogP contribution is -2.41. The summed E-state index contributed by atoms with van der Waals surface area (Å²) in [5.41, 5.74) is 1.64. The Morgan fingerprint density at radius 2 is 1.56 bits per heavy atom. The van der Waals surface area contributed by atoms with Crippen LogP contribution in [0.3, 0.4) is 0 Å². The molecule has 8 heteroatoms. The largest absolute Gasteiger partial charge is 0.508 e. The van der Waals surface area contributed by atoms with Crippen molar-refractivity contribution < 1.29 is 31.8 Å². The summed E-state index contributed by atoms with van der Waals surface area (Å²) in [5.74, 6) is -0.279. The minimum absolute atomic E-state index is 0.0430. The topological polar surface area (TPSA) is 32.7 Å². The minimum atomic E-state index is -5.77. The maximum atomic E-state index is 13.1. The van der Waals surface area contributed by atoms with Gasteiger partial charge in [-0.2, -0.15) is 22.0 Å². The molecule has 0 amide bonds. The smallest absolute Gasteiger partial charge is 0.499 e. The molecule has 1 aliphatic rings. The molecule has 0 aliphatic carbocycles. The fourth-order valence-electron chi connectivity index (χ4n) is 3.17. The summed E-state index contributed by atoms with van der Waals surface area (Å²) in [4.78, 5) is 2.13. The number of rotatable bonds is 4. The molecule has 0 saturated carbocycles. The number of hydrogen-bond donors (Lipinski definition) is 1. The monoisotopic (exact) mass is 387 g/mol.